The van der Waals surface area contributed by atoms with Crippen LogP contribution in [0.15, 0.2) is 51.8 Å². The van der Waals surface area contributed by atoms with Crippen molar-refractivity contribution in [1.29, 1.82) is 0 Å². The second-order valence-electron chi connectivity index (χ2n) is 4.80. The van der Waals surface area contributed by atoms with Crippen molar-refractivity contribution in [3.8, 4) is 5.75 Å². The summed E-state index contributed by atoms with van der Waals surface area (Å²) in [5, 5.41) is 7.82. The van der Waals surface area contributed by atoms with Crippen molar-refractivity contribution < 1.29 is 9.57 Å². The van der Waals surface area contributed by atoms with E-state index in [4.69, 9.17) is 9.57 Å². The summed E-state index contributed by atoms with van der Waals surface area (Å²) in [4.78, 5) is 5.01. The van der Waals surface area contributed by atoms with Crippen molar-refractivity contribution in [1.82, 2.24) is 5.48 Å². The second-order valence-corrected chi connectivity index (χ2v) is 4.80. The standard InChI is InChI=1S/C17H25N3O2/c1-5-6-12-16(14(2)20-21-4)17(19-18-3)13-22-15-10-8-7-9-11-15/h7-11,20H,3,5-6,12-13H2,1-2,4H3. The summed E-state index contributed by atoms with van der Waals surface area (Å²) in [5.41, 5.74) is 5.59. The Kier molecular flexibility index (Phi) is 8.60. The molecule has 0 heterocycles. The minimum atomic E-state index is 0.338. The van der Waals surface area contributed by atoms with Gasteiger partial charge in [0.2, 0.25) is 0 Å². The van der Waals surface area contributed by atoms with Crippen LogP contribution in [0.4, 0.5) is 0 Å². The Morgan fingerprint density at radius 2 is 2.00 bits per heavy atom. The van der Waals surface area contributed by atoms with Crippen LogP contribution in [0.3, 0.4) is 0 Å². The van der Waals surface area contributed by atoms with E-state index in [0.717, 1.165) is 42.0 Å². The first-order valence-electron chi connectivity index (χ1n) is 7.42. The SMILES string of the molecule is C=NN=C(COc1ccccc1)C(CCCC)=C(C)NOC. The highest BCUT2D eigenvalue weighted by atomic mass is 16.6. The van der Waals surface area contributed by atoms with Crippen LogP contribution >= 0.6 is 0 Å². The lowest BCUT2D eigenvalue weighted by molar-refractivity contribution is 0.117. The van der Waals surface area contributed by atoms with Crippen LogP contribution < -0.4 is 10.2 Å². The van der Waals surface area contributed by atoms with Gasteiger partial charge in [-0.3, -0.25) is 10.3 Å². The van der Waals surface area contributed by atoms with Crippen molar-refractivity contribution in [3.05, 3.63) is 41.6 Å². The van der Waals surface area contributed by atoms with Crippen LogP contribution in [0.1, 0.15) is 33.1 Å². The fourth-order valence-electron chi connectivity index (χ4n) is 2.05. The lowest BCUT2D eigenvalue weighted by Crippen LogP contribution is -2.20. The lowest BCUT2D eigenvalue weighted by atomic mass is 10.0. The highest BCUT2D eigenvalue weighted by molar-refractivity contribution is 6.01. The third kappa shape index (κ3) is 6.10. The summed E-state index contributed by atoms with van der Waals surface area (Å²) < 4.78 is 5.79. The molecule has 120 valence electrons. The third-order valence-electron chi connectivity index (χ3n) is 3.15. The number of nitrogens with one attached hydrogen (secondary N) is 1. The number of hydroxylamine groups is 1. The van der Waals surface area contributed by atoms with E-state index in [2.05, 4.69) is 29.3 Å². The zero-order valence-corrected chi connectivity index (χ0v) is 13.6. The van der Waals surface area contributed by atoms with E-state index in [-0.39, 0.29) is 0 Å². The van der Waals surface area contributed by atoms with Gasteiger partial charge in [0.1, 0.15) is 18.1 Å². The largest absolute Gasteiger partial charge is 0.487 e. The van der Waals surface area contributed by atoms with Crippen LogP contribution in [0.25, 0.3) is 0 Å². The fourth-order valence-corrected chi connectivity index (χ4v) is 2.05. The lowest BCUT2D eigenvalue weighted by Gasteiger charge is -2.15. The molecule has 0 bridgehead atoms. The summed E-state index contributed by atoms with van der Waals surface area (Å²) in [5.74, 6) is 0.798. The van der Waals surface area contributed by atoms with E-state index >= 15 is 0 Å². The molecule has 0 unspecified atom stereocenters. The molecule has 0 saturated heterocycles. The Labute approximate surface area is 132 Å². The van der Waals surface area contributed by atoms with Gasteiger partial charge in [-0.15, -0.1) is 0 Å². The summed E-state index contributed by atoms with van der Waals surface area (Å²) in [7, 11) is 1.59. The smallest absolute Gasteiger partial charge is 0.132 e. The van der Waals surface area contributed by atoms with E-state index in [1.807, 2.05) is 37.3 Å². The van der Waals surface area contributed by atoms with Crippen molar-refractivity contribution in [2.24, 2.45) is 10.2 Å². The van der Waals surface area contributed by atoms with Gasteiger partial charge >= 0.3 is 0 Å². The molecule has 0 aliphatic heterocycles. The van der Waals surface area contributed by atoms with E-state index in [0.29, 0.717) is 6.61 Å². The van der Waals surface area contributed by atoms with Crippen molar-refractivity contribution in [2.45, 2.75) is 33.1 Å². The van der Waals surface area contributed by atoms with Crippen molar-refractivity contribution in [2.75, 3.05) is 13.7 Å². The Hall–Kier alpha value is -2.14. The normalized spacial score (nSPS) is 12.6. The predicted molar refractivity (Wildman–Crippen MR) is 91.3 cm³/mol. The first-order valence-corrected chi connectivity index (χ1v) is 7.42. The number of nitrogens with zero attached hydrogens (tertiary/aromatic N) is 2. The molecule has 1 N–H and O–H groups in total. The molecule has 1 aromatic rings. The average Bonchev–Trinajstić information content (AvgIpc) is 2.54. The summed E-state index contributed by atoms with van der Waals surface area (Å²) in [6.07, 6.45) is 3.03. The molecule has 5 heteroatoms. The van der Waals surface area contributed by atoms with E-state index in [9.17, 15) is 0 Å². The van der Waals surface area contributed by atoms with Crippen LogP contribution in [0.2, 0.25) is 0 Å². The zero-order valence-electron chi connectivity index (χ0n) is 13.6. The summed E-state index contributed by atoms with van der Waals surface area (Å²) in [6.45, 7) is 7.90. The van der Waals surface area contributed by atoms with Gasteiger partial charge in [0.05, 0.1) is 7.11 Å². The molecule has 0 aromatic heterocycles. The molecular weight excluding hydrogens is 278 g/mol. The van der Waals surface area contributed by atoms with Gasteiger partial charge in [0, 0.05) is 12.4 Å². The molecule has 0 spiro atoms. The molecule has 1 rings (SSSR count). The number of rotatable bonds is 10. The van der Waals surface area contributed by atoms with Crippen molar-refractivity contribution in [3.63, 3.8) is 0 Å². The van der Waals surface area contributed by atoms with Crippen LogP contribution in [-0.2, 0) is 4.84 Å². The molecule has 0 saturated carbocycles. The van der Waals surface area contributed by atoms with Gasteiger partial charge in [0.25, 0.3) is 0 Å². The summed E-state index contributed by atoms with van der Waals surface area (Å²) in [6, 6.07) is 9.64. The van der Waals surface area contributed by atoms with Gasteiger partial charge in [0.15, 0.2) is 0 Å². The van der Waals surface area contributed by atoms with Gasteiger partial charge in [-0.05, 0) is 37.5 Å². The predicted octanol–water partition coefficient (Wildman–Crippen LogP) is 3.74. The minimum absolute atomic E-state index is 0.338. The quantitative estimate of drug-likeness (QED) is 0.529. The number of hydrogen-bond acceptors (Lipinski definition) is 5. The molecule has 0 aliphatic carbocycles. The number of hydrogen-bond donors (Lipinski definition) is 1. The molecule has 1 aromatic carbocycles. The number of ether oxygens (including phenoxy) is 1. The van der Waals surface area contributed by atoms with Gasteiger partial charge < -0.3 is 4.74 Å². The highest BCUT2D eigenvalue weighted by Gasteiger charge is 2.12. The maximum absolute atomic E-state index is 5.79. The molecule has 0 amide bonds. The minimum Gasteiger partial charge on any atom is -0.487 e. The van der Waals surface area contributed by atoms with Crippen molar-refractivity contribution >= 4 is 12.4 Å². The number of allylic oxidation sites excluding steroid dienone is 1. The Morgan fingerprint density at radius 1 is 1.27 bits per heavy atom. The molecule has 0 atom stereocenters. The molecule has 0 aliphatic rings. The Bertz CT molecular complexity index is 510. The second kappa shape index (κ2) is 10.6. The maximum atomic E-state index is 5.79. The topological polar surface area (TPSA) is 55.2 Å². The van der Waals surface area contributed by atoms with Gasteiger partial charge in [-0.1, -0.05) is 31.5 Å². The average molecular weight is 303 g/mol. The Balaban J connectivity index is 2.90. The summed E-state index contributed by atoms with van der Waals surface area (Å²) >= 11 is 0. The monoisotopic (exact) mass is 303 g/mol. The molecule has 0 radical (unpaired) electrons. The highest BCUT2D eigenvalue weighted by Crippen LogP contribution is 2.16. The first-order chi connectivity index (χ1) is 10.7. The van der Waals surface area contributed by atoms with E-state index in [1.165, 1.54) is 0 Å². The molecule has 0 fully saturated rings. The number of para-hydroxylation sites is 1. The first kappa shape index (κ1) is 17.9. The van der Waals surface area contributed by atoms with Gasteiger partial charge in [-0.2, -0.15) is 10.2 Å². The van der Waals surface area contributed by atoms with Crippen LogP contribution in [-0.4, -0.2) is 26.1 Å². The van der Waals surface area contributed by atoms with Crippen LogP contribution in [0.5, 0.6) is 5.75 Å². The molecule has 22 heavy (non-hydrogen) atoms. The number of benzene rings is 1. The van der Waals surface area contributed by atoms with E-state index in [1.54, 1.807) is 7.11 Å². The molecule has 5 nitrogen and oxygen atoms in total. The fraction of sp³-hybridized carbons (Fsp3) is 0.412. The maximum Gasteiger partial charge on any atom is 0.132 e. The Morgan fingerprint density at radius 3 is 2.59 bits per heavy atom. The molecular formula is C17H25N3O2. The zero-order chi connectivity index (χ0) is 16.2. The van der Waals surface area contributed by atoms with E-state index < -0.39 is 0 Å². The third-order valence-corrected chi connectivity index (χ3v) is 3.15. The van der Waals surface area contributed by atoms with Crippen LogP contribution in [0, 0.1) is 0 Å². The van der Waals surface area contributed by atoms with Gasteiger partial charge in [-0.25, -0.2) is 0 Å². The number of unbranched alkanes of at least 4 members (excludes halogenated alkanes) is 1.